The predicted octanol–water partition coefficient (Wildman–Crippen LogP) is 3.94. The summed E-state index contributed by atoms with van der Waals surface area (Å²) in [5, 5.41) is 0. The van der Waals surface area contributed by atoms with E-state index in [1.165, 1.54) is 38.5 Å². The first-order valence-electron chi connectivity index (χ1n) is 5.86. The van der Waals surface area contributed by atoms with Crippen LogP contribution in [0.25, 0.3) is 0 Å². The van der Waals surface area contributed by atoms with Crippen LogP contribution in [-0.4, -0.2) is 31.4 Å². The van der Waals surface area contributed by atoms with Crippen molar-refractivity contribution < 1.29 is 0 Å². The van der Waals surface area contributed by atoms with Gasteiger partial charge in [0.1, 0.15) is 0 Å². The highest BCUT2D eigenvalue weighted by molar-refractivity contribution is 14.0. The highest BCUT2D eigenvalue weighted by Crippen LogP contribution is 2.04. The van der Waals surface area contributed by atoms with Crippen LogP contribution < -0.4 is 0 Å². The molecule has 0 saturated heterocycles. The fourth-order valence-electron chi connectivity index (χ4n) is 1.27. The van der Waals surface area contributed by atoms with Crippen LogP contribution in [0.2, 0.25) is 0 Å². The third-order valence-corrected chi connectivity index (χ3v) is 2.50. The van der Waals surface area contributed by atoms with E-state index in [4.69, 9.17) is 0 Å². The molecule has 0 atom stereocenters. The predicted molar refractivity (Wildman–Crippen MR) is 80.5 cm³/mol. The van der Waals surface area contributed by atoms with Crippen molar-refractivity contribution in [2.45, 2.75) is 52.4 Å². The molecule has 0 rings (SSSR count). The van der Waals surface area contributed by atoms with Crippen LogP contribution in [0.1, 0.15) is 52.4 Å². The van der Waals surface area contributed by atoms with Crippen molar-refractivity contribution >= 4 is 29.8 Å². The Kier molecular flexibility index (Phi) is 14.4. The number of nitrogens with zero attached hydrogens (tertiary/aromatic N) is 2. The molecule has 0 aromatic carbocycles. The minimum atomic E-state index is 0. The summed E-state index contributed by atoms with van der Waals surface area (Å²) in [4.78, 5) is 6.55. The summed E-state index contributed by atoms with van der Waals surface area (Å²) in [5.41, 5.74) is 0. The maximum atomic E-state index is 4.48. The first-order chi connectivity index (χ1) is 6.68. The van der Waals surface area contributed by atoms with Gasteiger partial charge in [0.25, 0.3) is 0 Å². The van der Waals surface area contributed by atoms with Crippen LogP contribution >= 0.6 is 24.0 Å². The third-order valence-electron chi connectivity index (χ3n) is 2.50. The topological polar surface area (TPSA) is 15.6 Å². The summed E-state index contributed by atoms with van der Waals surface area (Å²) in [5.74, 6) is 1.14. The maximum Gasteiger partial charge on any atom is 0.0952 e. The molecule has 0 saturated carbocycles. The number of halogens is 1. The SMILES string of the molecule is CCCCCCCCN=C(C)N(C)C.I. The highest BCUT2D eigenvalue weighted by atomic mass is 127. The Hall–Kier alpha value is 0.200. The van der Waals surface area contributed by atoms with E-state index < -0.39 is 0 Å². The Labute approximate surface area is 113 Å². The smallest absolute Gasteiger partial charge is 0.0952 e. The molecule has 0 N–H and O–H groups in total. The van der Waals surface area contributed by atoms with E-state index in [2.05, 4.69) is 23.7 Å². The van der Waals surface area contributed by atoms with Gasteiger partial charge in [-0.3, -0.25) is 4.99 Å². The number of rotatable bonds is 7. The van der Waals surface area contributed by atoms with Crippen molar-refractivity contribution in [2.75, 3.05) is 20.6 Å². The second-order valence-corrected chi connectivity index (χ2v) is 4.09. The normalized spacial score (nSPS) is 11.1. The van der Waals surface area contributed by atoms with E-state index in [1.807, 2.05) is 14.1 Å². The molecule has 0 aliphatic carbocycles. The summed E-state index contributed by atoms with van der Waals surface area (Å²) in [7, 11) is 4.08. The second-order valence-electron chi connectivity index (χ2n) is 4.09. The molecule has 0 aliphatic heterocycles. The molecule has 0 spiro atoms. The monoisotopic (exact) mass is 326 g/mol. The van der Waals surface area contributed by atoms with Crippen molar-refractivity contribution in [3.8, 4) is 0 Å². The largest absolute Gasteiger partial charge is 0.367 e. The van der Waals surface area contributed by atoms with Gasteiger partial charge in [0.2, 0.25) is 0 Å². The molecule has 3 heteroatoms. The lowest BCUT2D eigenvalue weighted by Crippen LogP contribution is -2.18. The van der Waals surface area contributed by atoms with Crippen LogP contribution in [0.15, 0.2) is 4.99 Å². The van der Waals surface area contributed by atoms with Gasteiger partial charge >= 0.3 is 0 Å². The fourth-order valence-corrected chi connectivity index (χ4v) is 1.27. The molecule has 2 nitrogen and oxygen atoms in total. The lowest BCUT2D eigenvalue weighted by Gasteiger charge is -2.10. The fraction of sp³-hybridized carbons (Fsp3) is 0.917. The van der Waals surface area contributed by atoms with Gasteiger partial charge in [-0.1, -0.05) is 39.0 Å². The zero-order valence-corrected chi connectivity index (χ0v) is 13.1. The number of hydrogen-bond acceptors (Lipinski definition) is 1. The van der Waals surface area contributed by atoms with E-state index in [-0.39, 0.29) is 24.0 Å². The van der Waals surface area contributed by atoms with E-state index in [0.717, 1.165) is 12.4 Å². The molecule has 0 amide bonds. The summed E-state index contributed by atoms with van der Waals surface area (Å²) in [6.07, 6.45) is 8.08. The number of hydrogen-bond donors (Lipinski definition) is 0. The Balaban J connectivity index is 0. The minimum absolute atomic E-state index is 0. The molecule has 0 aromatic heterocycles. The molecule has 0 aromatic rings. The molecule has 15 heavy (non-hydrogen) atoms. The summed E-state index contributed by atoms with van der Waals surface area (Å²) in [6.45, 7) is 5.32. The average Bonchev–Trinajstić information content (AvgIpc) is 2.16. The third kappa shape index (κ3) is 12.1. The van der Waals surface area contributed by atoms with Gasteiger partial charge in [-0.2, -0.15) is 0 Å². The van der Waals surface area contributed by atoms with Crippen LogP contribution in [0, 0.1) is 0 Å². The number of unbranched alkanes of at least 4 members (excludes halogenated alkanes) is 5. The molecule has 0 heterocycles. The number of aliphatic imine (C=N–C) groups is 1. The first kappa shape index (κ1) is 17.6. The molecular weight excluding hydrogens is 299 g/mol. The maximum absolute atomic E-state index is 4.48. The zero-order chi connectivity index (χ0) is 10.8. The Morgan fingerprint density at radius 3 is 2.07 bits per heavy atom. The molecule has 0 fully saturated rings. The van der Waals surface area contributed by atoms with Crippen LogP contribution in [0.3, 0.4) is 0 Å². The van der Waals surface area contributed by atoms with Gasteiger partial charge in [-0.15, -0.1) is 24.0 Å². The molecule has 0 bridgehead atoms. The van der Waals surface area contributed by atoms with Crippen molar-refractivity contribution in [1.29, 1.82) is 0 Å². The lowest BCUT2D eigenvalue weighted by molar-refractivity contribution is 0.595. The van der Waals surface area contributed by atoms with Crippen LogP contribution in [-0.2, 0) is 0 Å². The van der Waals surface area contributed by atoms with Gasteiger partial charge in [-0.25, -0.2) is 0 Å². The van der Waals surface area contributed by atoms with Crippen LogP contribution in [0.4, 0.5) is 0 Å². The van der Waals surface area contributed by atoms with Crippen molar-refractivity contribution in [3.63, 3.8) is 0 Å². The molecule has 92 valence electrons. The molecule has 0 radical (unpaired) electrons. The van der Waals surface area contributed by atoms with E-state index in [1.54, 1.807) is 0 Å². The quantitative estimate of drug-likeness (QED) is 0.299. The van der Waals surface area contributed by atoms with E-state index >= 15 is 0 Å². The minimum Gasteiger partial charge on any atom is -0.367 e. The van der Waals surface area contributed by atoms with Gasteiger partial charge in [0.05, 0.1) is 5.84 Å². The molecule has 0 aliphatic rings. The van der Waals surface area contributed by atoms with E-state index in [0.29, 0.717) is 0 Å². The zero-order valence-electron chi connectivity index (χ0n) is 10.8. The van der Waals surface area contributed by atoms with Gasteiger partial charge in [0, 0.05) is 20.6 Å². The van der Waals surface area contributed by atoms with Crippen molar-refractivity contribution in [1.82, 2.24) is 4.90 Å². The Morgan fingerprint density at radius 1 is 1.00 bits per heavy atom. The van der Waals surface area contributed by atoms with Gasteiger partial charge in [-0.05, 0) is 13.3 Å². The second kappa shape index (κ2) is 12.3. The first-order valence-corrected chi connectivity index (χ1v) is 5.86. The Bertz CT molecular complexity index is 156. The molecule has 0 unspecified atom stereocenters. The highest BCUT2D eigenvalue weighted by Gasteiger charge is 1.92. The summed E-state index contributed by atoms with van der Waals surface area (Å²) < 4.78 is 0. The summed E-state index contributed by atoms with van der Waals surface area (Å²) in [6, 6.07) is 0. The van der Waals surface area contributed by atoms with Crippen molar-refractivity contribution in [3.05, 3.63) is 0 Å². The lowest BCUT2D eigenvalue weighted by atomic mass is 10.1. The van der Waals surface area contributed by atoms with Crippen LogP contribution in [0.5, 0.6) is 0 Å². The average molecular weight is 326 g/mol. The Morgan fingerprint density at radius 2 is 1.53 bits per heavy atom. The molecular formula is C12H27IN2. The van der Waals surface area contributed by atoms with Crippen molar-refractivity contribution in [2.24, 2.45) is 4.99 Å². The van der Waals surface area contributed by atoms with Gasteiger partial charge in [0.15, 0.2) is 0 Å². The van der Waals surface area contributed by atoms with Gasteiger partial charge < -0.3 is 4.90 Å². The van der Waals surface area contributed by atoms with E-state index in [9.17, 15) is 0 Å². The summed E-state index contributed by atoms with van der Waals surface area (Å²) >= 11 is 0. The number of amidine groups is 1. The standard InChI is InChI=1S/C12H26N2.HI/c1-5-6-7-8-9-10-11-13-12(2)14(3)4;/h5-11H2,1-4H3;1H.